The molecule has 0 amide bonds. The quantitative estimate of drug-likeness (QED) is 0.741. The zero-order valence-corrected chi connectivity index (χ0v) is 10.1. The highest BCUT2D eigenvalue weighted by molar-refractivity contribution is 5.52. The fourth-order valence-electron chi connectivity index (χ4n) is 1.38. The molecular weight excluding hydrogens is 184 g/mol. The van der Waals surface area contributed by atoms with Crippen molar-refractivity contribution < 1.29 is 0 Å². The van der Waals surface area contributed by atoms with Crippen LogP contribution in [0.1, 0.15) is 5.56 Å². The van der Waals surface area contributed by atoms with Crippen molar-refractivity contribution in [2.24, 2.45) is 0 Å². The molecule has 0 N–H and O–H groups in total. The van der Waals surface area contributed by atoms with Gasteiger partial charge in [0.05, 0.1) is 0 Å². The highest BCUT2D eigenvalue weighted by Crippen LogP contribution is 2.08. The summed E-state index contributed by atoms with van der Waals surface area (Å²) in [4.78, 5) is 4.34. The molecule has 2 nitrogen and oxygen atoms in total. The van der Waals surface area contributed by atoms with Gasteiger partial charge in [-0.3, -0.25) is 0 Å². The molecule has 0 aliphatic rings. The van der Waals surface area contributed by atoms with Crippen LogP contribution in [0.5, 0.6) is 0 Å². The molecule has 1 aromatic rings. The lowest BCUT2D eigenvalue weighted by atomic mass is 10.2. The van der Waals surface area contributed by atoms with E-state index in [-0.39, 0.29) is 0 Å². The lowest BCUT2D eigenvalue weighted by Gasteiger charge is -2.21. The van der Waals surface area contributed by atoms with Crippen molar-refractivity contribution >= 4 is 6.08 Å². The van der Waals surface area contributed by atoms with Crippen LogP contribution in [-0.2, 0) is 0 Å². The van der Waals surface area contributed by atoms with Gasteiger partial charge in [-0.15, -0.1) is 0 Å². The number of hydrogen-bond acceptors (Lipinski definition) is 2. The van der Waals surface area contributed by atoms with Crippen LogP contribution in [-0.4, -0.2) is 44.5 Å². The first-order valence-electron chi connectivity index (χ1n) is 5.17. The Morgan fingerprint density at radius 2 is 1.67 bits per heavy atom. The van der Waals surface area contributed by atoms with Gasteiger partial charge in [-0.25, -0.2) is 0 Å². The van der Waals surface area contributed by atoms with Gasteiger partial charge >= 0.3 is 0 Å². The molecule has 0 fully saturated rings. The van der Waals surface area contributed by atoms with Crippen molar-refractivity contribution in [2.45, 2.75) is 0 Å². The van der Waals surface area contributed by atoms with Crippen LogP contribution >= 0.6 is 0 Å². The van der Waals surface area contributed by atoms with Gasteiger partial charge in [0.2, 0.25) is 0 Å². The minimum atomic E-state index is 0.960. The summed E-state index contributed by atoms with van der Waals surface area (Å²) in [5, 5.41) is 0. The summed E-state index contributed by atoms with van der Waals surface area (Å²) < 4.78 is 0. The Balaban J connectivity index is 2.84. The zero-order chi connectivity index (χ0) is 11.3. The van der Waals surface area contributed by atoms with E-state index in [0.717, 1.165) is 6.54 Å². The van der Waals surface area contributed by atoms with E-state index in [1.165, 1.54) is 11.3 Å². The maximum Gasteiger partial charge on any atom is 0.0377 e. The van der Waals surface area contributed by atoms with E-state index in [1.807, 2.05) is 6.07 Å². The van der Waals surface area contributed by atoms with Gasteiger partial charge in [0.1, 0.15) is 0 Å². The number of benzene rings is 1. The predicted molar refractivity (Wildman–Crippen MR) is 66.7 cm³/mol. The van der Waals surface area contributed by atoms with Gasteiger partial charge in [-0.2, -0.15) is 0 Å². The first-order valence-corrected chi connectivity index (χ1v) is 5.17. The largest absolute Gasteiger partial charge is 0.380 e. The molecule has 0 saturated heterocycles. The molecule has 0 aliphatic heterocycles. The molecule has 1 aromatic carbocycles. The second-order valence-electron chi connectivity index (χ2n) is 4.18. The number of hydrogen-bond donors (Lipinski definition) is 0. The molecule has 15 heavy (non-hydrogen) atoms. The van der Waals surface area contributed by atoms with Crippen molar-refractivity contribution in [1.82, 2.24) is 9.80 Å². The molecule has 0 aliphatic carbocycles. The lowest BCUT2D eigenvalue weighted by molar-refractivity contribution is 0.384. The lowest BCUT2D eigenvalue weighted by Crippen LogP contribution is -2.23. The smallest absolute Gasteiger partial charge is 0.0377 e. The maximum absolute atomic E-state index is 2.22. The maximum atomic E-state index is 2.22. The zero-order valence-electron chi connectivity index (χ0n) is 10.1. The van der Waals surface area contributed by atoms with Crippen LogP contribution in [0, 0.1) is 0 Å². The monoisotopic (exact) mass is 204 g/mol. The molecule has 0 atom stereocenters. The van der Waals surface area contributed by atoms with Gasteiger partial charge in [0.15, 0.2) is 0 Å². The van der Waals surface area contributed by atoms with Crippen LogP contribution in [0.3, 0.4) is 0 Å². The van der Waals surface area contributed by atoms with E-state index in [1.54, 1.807) is 0 Å². The van der Waals surface area contributed by atoms with Crippen molar-refractivity contribution in [3.05, 3.63) is 41.6 Å². The third kappa shape index (κ3) is 4.17. The average molecular weight is 204 g/mol. The summed E-state index contributed by atoms with van der Waals surface area (Å²) in [6, 6.07) is 10.4. The summed E-state index contributed by atoms with van der Waals surface area (Å²) in [5.41, 5.74) is 2.56. The Kier molecular flexibility index (Phi) is 4.37. The van der Waals surface area contributed by atoms with Crippen LogP contribution in [0.15, 0.2) is 36.0 Å². The molecule has 82 valence electrons. The Morgan fingerprint density at radius 1 is 1.07 bits per heavy atom. The van der Waals surface area contributed by atoms with Crippen molar-refractivity contribution in [3.8, 4) is 0 Å². The Hall–Kier alpha value is -1.28. The molecule has 0 radical (unpaired) electrons. The first kappa shape index (κ1) is 11.8. The normalized spacial score (nSPS) is 11.9. The van der Waals surface area contributed by atoms with E-state index in [0.29, 0.717) is 0 Å². The molecule has 2 heteroatoms. The van der Waals surface area contributed by atoms with Crippen molar-refractivity contribution in [2.75, 3.05) is 34.7 Å². The van der Waals surface area contributed by atoms with E-state index in [9.17, 15) is 0 Å². The van der Waals surface area contributed by atoms with Crippen molar-refractivity contribution in [1.29, 1.82) is 0 Å². The Bertz CT molecular complexity index is 313. The fraction of sp³-hybridized carbons (Fsp3) is 0.385. The van der Waals surface area contributed by atoms with E-state index in [4.69, 9.17) is 0 Å². The van der Waals surface area contributed by atoms with Gasteiger partial charge in [-0.05, 0) is 25.7 Å². The number of nitrogens with zero attached hydrogens (tertiary/aromatic N) is 2. The Morgan fingerprint density at radius 3 is 2.13 bits per heavy atom. The average Bonchev–Trinajstić information content (AvgIpc) is 2.17. The van der Waals surface area contributed by atoms with Crippen molar-refractivity contribution in [3.63, 3.8) is 0 Å². The van der Waals surface area contributed by atoms with Gasteiger partial charge in [0.25, 0.3) is 0 Å². The number of likely N-dealkylation sites (N-methyl/N-ethyl adjacent to an activating group) is 2. The highest BCUT2D eigenvalue weighted by atomic mass is 15.1. The van der Waals surface area contributed by atoms with E-state index < -0.39 is 0 Å². The van der Waals surface area contributed by atoms with Crippen LogP contribution in [0.25, 0.3) is 6.08 Å². The predicted octanol–water partition coefficient (Wildman–Crippen LogP) is 2.15. The summed E-state index contributed by atoms with van der Waals surface area (Å²) in [7, 11) is 8.33. The van der Waals surface area contributed by atoms with Crippen LogP contribution in [0.4, 0.5) is 0 Å². The van der Waals surface area contributed by atoms with Crippen LogP contribution in [0.2, 0.25) is 0 Å². The van der Waals surface area contributed by atoms with Gasteiger partial charge in [-0.1, -0.05) is 30.3 Å². The molecule has 0 heterocycles. The summed E-state index contributed by atoms with van der Waals surface area (Å²) in [6.45, 7) is 0.960. The molecule has 0 bridgehead atoms. The fourth-order valence-corrected chi connectivity index (χ4v) is 1.38. The molecule has 0 unspecified atom stereocenters. The minimum Gasteiger partial charge on any atom is -0.380 e. The SMILES string of the molecule is CN(C)C/C(=C\c1ccccc1)N(C)C. The first-order chi connectivity index (χ1) is 7.09. The van der Waals surface area contributed by atoms with Gasteiger partial charge in [0, 0.05) is 26.3 Å². The molecule has 0 saturated carbocycles. The van der Waals surface area contributed by atoms with Crippen LogP contribution < -0.4 is 0 Å². The van der Waals surface area contributed by atoms with Gasteiger partial charge < -0.3 is 9.80 Å². The summed E-state index contributed by atoms with van der Waals surface area (Å²) in [6.07, 6.45) is 2.22. The second-order valence-corrected chi connectivity index (χ2v) is 4.18. The second kappa shape index (κ2) is 5.56. The molecule has 1 rings (SSSR count). The molecule has 0 spiro atoms. The van der Waals surface area contributed by atoms with E-state index >= 15 is 0 Å². The Labute approximate surface area is 92.8 Å². The summed E-state index contributed by atoms with van der Waals surface area (Å²) in [5.74, 6) is 0. The third-order valence-corrected chi connectivity index (χ3v) is 2.19. The topological polar surface area (TPSA) is 6.48 Å². The summed E-state index contributed by atoms with van der Waals surface area (Å²) >= 11 is 0. The minimum absolute atomic E-state index is 0.960. The highest BCUT2D eigenvalue weighted by Gasteiger charge is 2.01. The van der Waals surface area contributed by atoms with E-state index in [2.05, 4.69) is 68.3 Å². The molecule has 0 aromatic heterocycles. The third-order valence-electron chi connectivity index (χ3n) is 2.19. The number of rotatable bonds is 4. The standard InChI is InChI=1S/C13H20N2/c1-14(2)11-13(15(3)4)10-12-8-6-5-7-9-12/h5-10H,11H2,1-4H3/b13-10+. The molecular formula is C13H20N2.